The van der Waals surface area contributed by atoms with Gasteiger partial charge in [-0.25, -0.2) is 0 Å². The highest BCUT2D eigenvalue weighted by molar-refractivity contribution is 6.32. The lowest BCUT2D eigenvalue weighted by molar-refractivity contribution is 0.474. The minimum Gasteiger partial charge on any atom is -0.506 e. The lowest BCUT2D eigenvalue weighted by Gasteiger charge is -2.10. The fourth-order valence-corrected chi connectivity index (χ4v) is 1.76. The van der Waals surface area contributed by atoms with Gasteiger partial charge >= 0.3 is 0 Å². The summed E-state index contributed by atoms with van der Waals surface area (Å²) in [4.78, 5) is 0. The highest BCUT2D eigenvalue weighted by atomic mass is 35.5. The Morgan fingerprint density at radius 2 is 2.20 bits per heavy atom. The van der Waals surface area contributed by atoms with E-state index in [9.17, 15) is 5.11 Å². The molecule has 1 aromatic carbocycles. The molecule has 0 spiro atoms. The standard InChI is InChI=1S/C12H16ClNO/c1-12(4-5-12)8-14-7-9-2-3-11(15)10(13)6-9/h2-3,6,14-15H,4-5,7-8H2,1H3. The van der Waals surface area contributed by atoms with Crippen molar-refractivity contribution in [2.45, 2.75) is 26.3 Å². The number of rotatable bonds is 4. The van der Waals surface area contributed by atoms with E-state index in [1.54, 1.807) is 12.1 Å². The minimum absolute atomic E-state index is 0.148. The number of phenolic OH excluding ortho intramolecular Hbond substituents is 1. The summed E-state index contributed by atoms with van der Waals surface area (Å²) < 4.78 is 0. The van der Waals surface area contributed by atoms with Crippen LogP contribution in [0.4, 0.5) is 0 Å². The fourth-order valence-electron chi connectivity index (χ4n) is 1.56. The number of benzene rings is 1. The van der Waals surface area contributed by atoms with Gasteiger partial charge < -0.3 is 10.4 Å². The molecule has 2 nitrogen and oxygen atoms in total. The van der Waals surface area contributed by atoms with Crippen LogP contribution in [-0.4, -0.2) is 11.7 Å². The summed E-state index contributed by atoms with van der Waals surface area (Å²) in [5.41, 5.74) is 1.64. The molecule has 1 aliphatic carbocycles. The first-order valence-corrected chi connectivity index (χ1v) is 5.65. The fraction of sp³-hybridized carbons (Fsp3) is 0.500. The van der Waals surface area contributed by atoms with Crippen molar-refractivity contribution >= 4 is 11.6 Å². The van der Waals surface area contributed by atoms with Crippen LogP contribution < -0.4 is 5.32 Å². The van der Waals surface area contributed by atoms with Gasteiger partial charge in [-0.2, -0.15) is 0 Å². The molecule has 1 aliphatic rings. The van der Waals surface area contributed by atoms with Crippen molar-refractivity contribution in [1.82, 2.24) is 5.32 Å². The van der Waals surface area contributed by atoms with Crippen LogP contribution in [0.15, 0.2) is 18.2 Å². The van der Waals surface area contributed by atoms with Gasteiger partial charge in [0.25, 0.3) is 0 Å². The highest BCUT2D eigenvalue weighted by Gasteiger charge is 2.36. The number of hydrogen-bond acceptors (Lipinski definition) is 2. The second-order valence-electron chi connectivity index (χ2n) is 4.70. The van der Waals surface area contributed by atoms with Crippen LogP contribution >= 0.6 is 11.6 Å². The van der Waals surface area contributed by atoms with Gasteiger partial charge in [0, 0.05) is 13.1 Å². The zero-order valence-corrected chi connectivity index (χ0v) is 9.64. The first kappa shape index (κ1) is 10.8. The van der Waals surface area contributed by atoms with Crippen LogP contribution in [0.1, 0.15) is 25.3 Å². The van der Waals surface area contributed by atoms with Crippen LogP contribution in [-0.2, 0) is 6.54 Å². The van der Waals surface area contributed by atoms with Gasteiger partial charge in [-0.1, -0.05) is 24.6 Å². The third-order valence-electron chi connectivity index (χ3n) is 3.00. The maximum Gasteiger partial charge on any atom is 0.134 e. The molecule has 1 fully saturated rings. The van der Waals surface area contributed by atoms with E-state index in [2.05, 4.69) is 12.2 Å². The van der Waals surface area contributed by atoms with Crippen molar-refractivity contribution in [1.29, 1.82) is 0 Å². The summed E-state index contributed by atoms with van der Waals surface area (Å²) in [6, 6.07) is 5.33. The van der Waals surface area contributed by atoms with Gasteiger partial charge in [-0.05, 0) is 36.0 Å². The molecule has 0 atom stereocenters. The van der Waals surface area contributed by atoms with Crippen molar-refractivity contribution in [3.63, 3.8) is 0 Å². The molecule has 1 aromatic rings. The summed E-state index contributed by atoms with van der Waals surface area (Å²) in [7, 11) is 0. The molecule has 82 valence electrons. The average Bonchev–Trinajstić information content (AvgIpc) is 2.90. The molecule has 0 amide bonds. The number of aromatic hydroxyl groups is 1. The molecule has 2 rings (SSSR count). The molecular formula is C12H16ClNO. The largest absolute Gasteiger partial charge is 0.506 e. The Hall–Kier alpha value is -0.730. The lowest BCUT2D eigenvalue weighted by Crippen LogP contribution is -2.21. The second-order valence-corrected chi connectivity index (χ2v) is 5.11. The molecule has 0 aromatic heterocycles. The molecule has 0 unspecified atom stereocenters. The average molecular weight is 226 g/mol. The maximum atomic E-state index is 9.26. The number of phenols is 1. The summed E-state index contributed by atoms with van der Waals surface area (Å²) in [6.07, 6.45) is 2.66. The Morgan fingerprint density at radius 1 is 1.47 bits per heavy atom. The normalized spacial score (nSPS) is 17.7. The van der Waals surface area contributed by atoms with Gasteiger partial charge in [0.1, 0.15) is 5.75 Å². The van der Waals surface area contributed by atoms with E-state index >= 15 is 0 Å². The van der Waals surface area contributed by atoms with Gasteiger partial charge in [0.05, 0.1) is 5.02 Å². The third kappa shape index (κ3) is 2.86. The van der Waals surface area contributed by atoms with Crippen molar-refractivity contribution in [2.24, 2.45) is 5.41 Å². The van der Waals surface area contributed by atoms with Crippen LogP contribution in [0.25, 0.3) is 0 Å². The third-order valence-corrected chi connectivity index (χ3v) is 3.30. The number of nitrogens with one attached hydrogen (secondary N) is 1. The topological polar surface area (TPSA) is 32.3 Å². The SMILES string of the molecule is CC1(CNCc2ccc(O)c(Cl)c2)CC1. The van der Waals surface area contributed by atoms with Gasteiger partial charge in [0.2, 0.25) is 0 Å². The molecule has 15 heavy (non-hydrogen) atoms. The quantitative estimate of drug-likeness (QED) is 0.826. The predicted molar refractivity (Wildman–Crippen MR) is 62.2 cm³/mol. The molecule has 2 N–H and O–H groups in total. The second kappa shape index (κ2) is 4.03. The van der Waals surface area contributed by atoms with E-state index in [0.29, 0.717) is 10.4 Å². The Kier molecular flexibility index (Phi) is 2.89. The zero-order valence-electron chi connectivity index (χ0n) is 8.89. The van der Waals surface area contributed by atoms with Crippen LogP contribution in [0.2, 0.25) is 5.02 Å². The molecule has 0 saturated heterocycles. The van der Waals surface area contributed by atoms with Crippen LogP contribution in [0.3, 0.4) is 0 Å². The summed E-state index contributed by atoms with van der Waals surface area (Å²) >= 11 is 5.82. The van der Waals surface area contributed by atoms with Gasteiger partial charge in [-0.15, -0.1) is 0 Å². The van der Waals surface area contributed by atoms with E-state index in [4.69, 9.17) is 11.6 Å². The molecule has 0 aliphatic heterocycles. The zero-order chi connectivity index (χ0) is 10.9. The lowest BCUT2D eigenvalue weighted by atomic mass is 10.1. The van der Waals surface area contributed by atoms with E-state index < -0.39 is 0 Å². The summed E-state index contributed by atoms with van der Waals surface area (Å²) in [5, 5.41) is 13.1. The monoisotopic (exact) mass is 225 g/mol. The Bertz CT molecular complexity index is 361. The van der Waals surface area contributed by atoms with Crippen molar-refractivity contribution in [2.75, 3.05) is 6.54 Å². The summed E-state index contributed by atoms with van der Waals surface area (Å²) in [5.74, 6) is 0.148. The van der Waals surface area contributed by atoms with Crippen LogP contribution in [0, 0.1) is 5.41 Å². The minimum atomic E-state index is 0.148. The Labute approximate surface area is 95.3 Å². The van der Waals surface area contributed by atoms with Gasteiger partial charge in [-0.3, -0.25) is 0 Å². The van der Waals surface area contributed by atoms with E-state index in [0.717, 1.165) is 18.7 Å². The molecule has 0 bridgehead atoms. The summed E-state index contributed by atoms with van der Waals surface area (Å²) in [6.45, 7) is 4.17. The predicted octanol–water partition coefficient (Wildman–Crippen LogP) is 2.94. The molecule has 3 heteroatoms. The van der Waals surface area contributed by atoms with E-state index in [1.165, 1.54) is 12.8 Å². The molecular weight excluding hydrogens is 210 g/mol. The van der Waals surface area contributed by atoms with Crippen molar-refractivity contribution < 1.29 is 5.11 Å². The molecule has 0 heterocycles. The maximum absolute atomic E-state index is 9.26. The number of hydrogen-bond donors (Lipinski definition) is 2. The van der Waals surface area contributed by atoms with Crippen molar-refractivity contribution in [3.05, 3.63) is 28.8 Å². The van der Waals surface area contributed by atoms with E-state index in [-0.39, 0.29) is 5.75 Å². The van der Waals surface area contributed by atoms with Crippen molar-refractivity contribution in [3.8, 4) is 5.75 Å². The Morgan fingerprint density at radius 3 is 2.80 bits per heavy atom. The molecule has 0 radical (unpaired) electrons. The smallest absolute Gasteiger partial charge is 0.134 e. The Balaban J connectivity index is 1.85. The highest BCUT2D eigenvalue weighted by Crippen LogP contribution is 2.44. The number of halogens is 1. The van der Waals surface area contributed by atoms with E-state index in [1.807, 2.05) is 6.07 Å². The van der Waals surface area contributed by atoms with Gasteiger partial charge in [0.15, 0.2) is 0 Å². The van der Waals surface area contributed by atoms with Crippen LogP contribution in [0.5, 0.6) is 5.75 Å². The first-order chi connectivity index (χ1) is 7.09. The molecule has 1 saturated carbocycles. The first-order valence-electron chi connectivity index (χ1n) is 5.27.